The van der Waals surface area contributed by atoms with Crippen LogP contribution in [-0.2, 0) is 16.0 Å². The molecule has 2 aromatic rings. The fraction of sp³-hybridized carbons (Fsp3) is 0.294. The molecule has 3 rings (SSSR count). The first kappa shape index (κ1) is 17.2. The number of hydrogen-bond donors (Lipinski definition) is 1. The van der Waals surface area contributed by atoms with E-state index in [0.717, 1.165) is 10.4 Å². The average molecular weight is 360 g/mol. The lowest BCUT2D eigenvalue weighted by atomic mass is 9.97. The maximum absolute atomic E-state index is 13.3. The molecular weight excluding hydrogens is 343 g/mol. The van der Waals surface area contributed by atoms with Crippen molar-refractivity contribution < 1.29 is 14.0 Å². The molecule has 0 saturated carbocycles. The second-order valence-electron chi connectivity index (χ2n) is 5.71. The predicted molar refractivity (Wildman–Crippen MR) is 92.9 cm³/mol. The van der Waals surface area contributed by atoms with Gasteiger partial charge in [-0.05, 0) is 17.7 Å². The summed E-state index contributed by atoms with van der Waals surface area (Å²) < 4.78 is 13.3. The number of nitrogens with zero attached hydrogens (tertiary/aromatic N) is 3. The summed E-state index contributed by atoms with van der Waals surface area (Å²) in [5.74, 6) is -1.24. The standard InChI is InChI=1S/C17H17FN4O2S/c1-19-16(24)15-13(8-14(23)22(2)21-15)17-20-9-12(25-17)7-10-4-3-5-11(18)6-10/h3-6,9,13H,7-8H2,1-2H3,(H,19,24). The zero-order valence-electron chi connectivity index (χ0n) is 13.8. The van der Waals surface area contributed by atoms with Crippen LogP contribution in [0, 0.1) is 5.82 Å². The Bertz CT molecular complexity index is 849. The molecule has 0 fully saturated rings. The van der Waals surface area contributed by atoms with Gasteiger partial charge in [-0.1, -0.05) is 12.1 Å². The number of halogens is 1. The second kappa shape index (κ2) is 7.10. The molecule has 2 heterocycles. The van der Waals surface area contributed by atoms with E-state index in [1.807, 2.05) is 6.07 Å². The summed E-state index contributed by atoms with van der Waals surface area (Å²) in [6.45, 7) is 0. The van der Waals surface area contributed by atoms with E-state index < -0.39 is 5.92 Å². The van der Waals surface area contributed by atoms with E-state index in [-0.39, 0.29) is 29.8 Å². The molecule has 0 bridgehead atoms. The molecule has 0 saturated heterocycles. The van der Waals surface area contributed by atoms with Crippen molar-refractivity contribution >= 4 is 28.9 Å². The van der Waals surface area contributed by atoms with Crippen molar-refractivity contribution in [2.45, 2.75) is 18.8 Å². The van der Waals surface area contributed by atoms with Gasteiger partial charge in [-0.15, -0.1) is 11.3 Å². The number of nitrogens with one attached hydrogen (secondary N) is 1. The molecule has 25 heavy (non-hydrogen) atoms. The molecule has 1 aliphatic rings. The molecule has 1 N–H and O–H groups in total. The lowest BCUT2D eigenvalue weighted by Crippen LogP contribution is -2.40. The van der Waals surface area contributed by atoms with Gasteiger partial charge in [-0.2, -0.15) is 5.10 Å². The van der Waals surface area contributed by atoms with E-state index in [1.165, 1.54) is 42.6 Å². The molecule has 130 valence electrons. The van der Waals surface area contributed by atoms with Crippen molar-refractivity contribution in [2.24, 2.45) is 5.10 Å². The third-order valence-corrected chi connectivity index (χ3v) is 5.04. The highest BCUT2D eigenvalue weighted by Crippen LogP contribution is 2.30. The minimum absolute atomic E-state index is 0.148. The zero-order chi connectivity index (χ0) is 18.0. The third-order valence-electron chi connectivity index (χ3n) is 3.92. The van der Waals surface area contributed by atoms with Crippen LogP contribution in [0.3, 0.4) is 0 Å². The van der Waals surface area contributed by atoms with Crippen LogP contribution in [0.2, 0.25) is 0 Å². The molecule has 0 aliphatic carbocycles. The molecule has 1 atom stereocenters. The van der Waals surface area contributed by atoms with Gasteiger partial charge >= 0.3 is 0 Å². The van der Waals surface area contributed by atoms with Crippen molar-refractivity contribution in [3.8, 4) is 0 Å². The number of benzene rings is 1. The van der Waals surface area contributed by atoms with Crippen molar-refractivity contribution in [1.29, 1.82) is 0 Å². The summed E-state index contributed by atoms with van der Waals surface area (Å²) >= 11 is 1.41. The van der Waals surface area contributed by atoms with Crippen LogP contribution in [-0.4, -0.2) is 41.6 Å². The van der Waals surface area contributed by atoms with Gasteiger partial charge in [0.2, 0.25) is 5.91 Å². The smallest absolute Gasteiger partial charge is 0.267 e. The van der Waals surface area contributed by atoms with Crippen LogP contribution < -0.4 is 5.32 Å². The van der Waals surface area contributed by atoms with Gasteiger partial charge < -0.3 is 5.32 Å². The zero-order valence-corrected chi connectivity index (χ0v) is 14.6. The van der Waals surface area contributed by atoms with Crippen LogP contribution in [0.25, 0.3) is 0 Å². The summed E-state index contributed by atoms with van der Waals surface area (Å²) in [5.41, 5.74) is 1.12. The Balaban J connectivity index is 1.86. The normalized spacial score (nSPS) is 17.4. The number of hydrogen-bond acceptors (Lipinski definition) is 5. The highest BCUT2D eigenvalue weighted by atomic mass is 32.1. The van der Waals surface area contributed by atoms with Crippen molar-refractivity contribution in [2.75, 3.05) is 14.1 Å². The third kappa shape index (κ3) is 3.74. The topological polar surface area (TPSA) is 74.7 Å². The van der Waals surface area contributed by atoms with E-state index in [0.29, 0.717) is 11.4 Å². The summed E-state index contributed by atoms with van der Waals surface area (Å²) in [7, 11) is 3.05. The molecule has 0 radical (unpaired) electrons. The van der Waals surface area contributed by atoms with Crippen LogP contribution in [0.4, 0.5) is 4.39 Å². The summed E-state index contributed by atoms with van der Waals surface area (Å²) in [5, 5.41) is 8.50. The lowest BCUT2D eigenvalue weighted by Gasteiger charge is -2.24. The first-order valence-electron chi connectivity index (χ1n) is 7.74. The first-order chi connectivity index (χ1) is 12.0. The quantitative estimate of drug-likeness (QED) is 0.905. The Hall–Kier alpha value is -2.61. The minimum Gasteiger partial charge on any atom is -0.354 e. The lowest BCUT2D eigenvalue weighted by molar-refractivity contribution is -0.130. The highest BCUT2D eigenvalue weighted by Gasteiger charge is 2.34. The van der Waals surface area contributed by atoms with Crippen LogP contribution in [0.1, 0.15) is 27.8 Å². The highest BCUT2D eigenvalue weighted by molar-refractivity contribution is 7.11. The molecule has 6 nitrogen and oxygen atoms in total. The van der Waals surface area contributed by atoms with E-state index in [9.17, 15) is 14.0 Å². The number of carbonyl (C=O) groups excluding carboxylic acids is 2. The second-order valence-corrected chi connectivity index (χ2v) is 6.86. The summed E-state index contributed by atoms with van der Waals surface area (Å²) in [6, 6.07) is 6.39. The minimum atomic E-state index is -0.463. The van der Waals surface area contributed by atoms with Crippen molar-refractivity contribution in [1.82, 2.24) is 15.3 Å². The number of thiazole rings is 1. The molecule has 2 amide bonds. The van der Waals surface area contributed by atoms with Gasteiger partial charge in [0.1, 0.15) is 16.5 Å². The van der Waals surface area contributed by atoms with Gasteiger partial charge in [0.05, 0.1) is 5.92 Å². The molecule has 8 heteroatoms. The van der Waals surface area contributed by atoms with E-state index in [1.54, 1.807) is 12.3 Å². The van der Waals surface area contributed by atoms with E-state index in [2.05, 4.69) is 15.4 Å². The number of carbonyl (C=O) groups is 2. The molecule has 1 aromatic heterocycles. The average Bonchev–Trinajstić information content (AvgIpc) is 3.04. The Morgan fingerprint density at radius 3 is 3.00 bits per heavy atom. The van der Waals surface area contributed by atoms with Gasteiger partial charge in [0.25, 0.3) is 5.91 Å². The number of rotatable bonds is 4. The molecular formula is C17H17FN4O2S. The molecule has 0 spiro atoms. The summed E-state index contributed by atoms with van der Waals surface area (Å²) in [4.78, 5) is 29.4. The maximum atomic E-state index is 13.3. The predicted octanol–water partition coefficient (Wildman–Crippen LogP) is 1.92. The van der Waals surface area contributed by atoms with Crippen LogP contribution in [0.5, 0.6) is 0 Å². The molecule has 1 aliphatic heterocycles. The van der Waals surface area contributed by atoms with Gasteiger partial charge in [0, 0.05) is 38.0 Å². The monoisotopic (exact) mass is 360 g/mol. The number of hydrazone groups is 1. The Kier molecular flexibility index (Phi) is 4.89. The summed E-state index contributed by atoms with van der Waals surface area (Å²) in [6.07, 6.45) is 2.40. The first-order valence-corrected chi connectivity index (χ1v) is 8.55. The van der Waals surface area contributed by atoms with Gasteiger partial charge in [0.15, 0.2) is 0 Å². The van der Waals surface area contributed by atoms with Crippen molar-refractivity contribution in [3.63, 3.8) is 0 Å². The van der Waals surface area contributed by atoms with Gasteiger partial charge in [-0.3, -0.25) is 9.59 Å². The Morgan fingerprint density at radius 1 is 1.48 bits per heavy atom. The number of aromatic nitrogens is 1. The van der Waals surface area contributed by atoms with E-state index in [4.69, 9.17) is 0 Å². The maximum Gasteiger partial charge on any atom is 0.267 e. The SMILES string of the molecule is CNC(=O)C1=NN(C)C(=O)CC1c1ncc(Cc2cccc(F)c2)s1. The largest absolute Gasteiger partial charge is 0.354 e. The number of amides is 2. The van der Waals surface area contributed by atoms with Crippen LogP contribution >= 0.6 is 11.3 Å². The molecule has 1 unspecified atom stereocenters. The van der Waals surface area contributed by atoms with Gasteiger partial charge in [-0.25, -0.2) is 14.4 Å². The Morgan fingerprint density at radius 2 is 2.28 bits per heavy atom. The Labute approximate surface area is 148 Å². The fourth-order valence-corrected chi connectivity index (χ4v) is 3.70. The van der Waals surface area contributed by atoms with Crippen molar-refractivity contribution in [3.05, 3.63) is 51.7 Å². The van der Waals surface area contributed by atoms with Crippen LogP contribution in [0.15, 0.2) is 35.6 Å². The van der Waals surface area contributed by atoms with E-state index >= 15 is 0 Å². The fourth-order valence-electron chi connectivity index (χ4n) is 2.64. The molecule has 1 aromatic carbocycles.